The van der Waals surface area contributed by atoms with Crippen molar-refractivity contribution in [3.63, 3.8) is 0 Å². The van der Waals surface area contributed by atoms with Crippen LogP contribution in [0, 0.1) is 13.8 Å². The Morgan fingerprint density at radius 3 is 2.55 bits per heavy atom. The molecule has 22 heavy (non-hydrogen) atoms. The first kappa shape index (κ1) is 15.2. The first-order valence-corrected chi connectivity index (χ1v) is 8.54. The van der Waals surface area contributed by atoms with Gasteiger partial charge in [0, 0.05) is 25.6 Å². The van der Waals surface area contributed by atoms with Crippen LogP contribution in [0.2, 0.25) is 0 Å². The van der Waals surface area contributed by atoms with Crippen LogP contribution in [0.1, 0.15) is 11.5 Å². The summed E-state index contributed by atoms with van der Waals surface area (Å²) in [6.45, 7) is 5.17. The zero-order valence-corrected chi connectivity index (χ0v) is 13.4. The molecule has 1 fully saturated rings. The second-order valence-electron chi connectivity index (χ2n) is 5.24. The summed E-state index contributed by atoms with van der Waals surface area (Å²) >= 11 is 0. The third kappa shape index (κ3) is 2.79. The Morgan fingerprint density at radius 2 is 1.91 bits per heavy atom. The van der Waals surface area contributed by atoms with Gasteiger partial charge in [-0.1, -0.05) is 12.1 Å². The fourth-order valence-electron chi connectivity index (χ4n) is 2.45. The number of rotatable bonds is 3. The molecule has 0 atom stereocenters. The van der Waals surface area contributed by atoms with Crippen molar-refractivity contribution in [1.82, 2.24) is 9.29 Å². The van der Waals surface area contributed by atoms with Crippen molar-refractivity contribution in [3.05, 3.63) is 35.9 Å². The Balaban J connectivity index is 2.02. The van der Waals surface area contributed by atoms with Crippen LogP contribution in [-0.4, -0.2) is 44.0 Å². The van der Waals surface area contributed by atoms with Gasteiger partial charge in [-0.3, -0.25) is 0 Å². The highest BCUT2D eigenvalue weighted by Crippen LogP contribution is 2.27. The minimum atomic E-state index is -3.53. The summed E-state index contributed by atoms with van der Waals surface area (Å²) in [4.78, 5) is 4.36. The molecule has 118 valence electrons. The van der Waals surface area contributed by atoms with E-state index >= 15 is 0 Å². The van der Waals surface area contributed by atoms with Crippen LogP contribution in [0.3, 0.4) is 0 Å². The van der Waals surface area contributed by atoms with E-state index in [4.69, 9.17) is 9.15 Å². The van der Waals surface area contributed by atoms with Crippen LogP contribution in [0.5, 0.6) is 0 Å². The first-order valence-electron chi connectivity index (χ1n) is 7.10. The largest absolute Gasteiger partial charge is 0.441 e. The van der Waals surface area contributed by atoms with E-state index in [9.17, 15) is 8.42 Å². The molecule has 0 saturated carbocycles. The van der Waals surface area contributed by atoms with Crippen LogP contribution in [0.4, 0.5) is 0 Å². The molecule has 0 spiro atoms. The number of aromatic nitrogens is 1. The quantitative estimate of drug-likeness (QED) is 0.864. The Hall–Kier alpha value is -1.70. The van der Waals surface area contributed by atoms with Gasteiger partial charge in [0.15, 0.2) is 11.7 Å². The molecule has 0 unspecified atom stereocenters. The van der Waals surface area contributed by atoms with Crippen LogP contribution < -0.4 is 0 Å². The molecule has 2 heterocycles. The van der Waals surface area contributed by atoms with E-state index in [1.807, 2.05) is 6.07 Å². The fraction of sp³-hybridized carbons (Fsp3) is 0.400. The third-order valence-corrected chi connectivity index (χ3v) is 5.72. The van der Waals surface area contributed by atoms with Crippen LogP contribution >= 0.6 is 0 Å². The molecule has 1 aromatic carbocycles. The van der Waals surface area contributed by atoms with Crippen molar-refractivity contribution in [3.8, 4) is 11.3 Å². The number of ether oxygens (including phenoxy) is 1. The molecule has 2 aromatic rings. The zero-order valence-electron chi connectivity index (χ0n) is 12.6. The van der Waals surface area contributed by atoms with Crippen molar-refractivity contribution < 1.29 is 17.6 Å². The van der Waals surface area contributed by atoms with Crippen molar-refractivity contribution in [1.29, 1.82) is 0 Å². The Bertz CT molecular complexity index is 777. The van der Waals surface area contributed by atoms with E-state index in [2.05, 4.69) is 4.98 Å². The molecule has 0 bridgehead atoms. The lowest BCUT2D eigenvalue weighted by Gasteiger charge is -2.26. The molecule has 0 N–H and O–H groups in total. The highest BCUT2D eigenvalue weighted by Gasteiger charge is 2.28. The minimum Gasteiger partial charge on any atom is -0.441 e. The second kappa shape index (κ2) is 5.83. The third-order valence-electron chi connectivity index (χ3n) is 3.68. The van der Waals surface area contributed by atoms with Gasteiger partial charge >= 0.3 is 0 Å². The maximum Gasteiger partial charge on any atom is 0.243 e. The fourth-order valence-corrected chi connectivity index (χ4v) is 4.11. The van der Waals surface area contributed by atoms with E-state index < -0.39 is 10.0 Å². The van der Waals surface area contributed by atoms with Gasteiger partial charge in [0.25, 0.3) is 0 Å². The Kier molecular flexibility index (Phi) is 4.03. The number of hydrogen-bond donors (Lipinski definition) is 0. The smallest absolute Gasteiger partial charge is 0.243 e. The van der Waals surface area contributed by atoms with Gasteiger partial charge in [-0.05, 0) is 18.6 Å². The van der Waals surface area contributed by atoms with Crippen LogP contribution in [-0.2, 0) is 14.8 Å². The summed E-state index contributed by atoms with van der Waals surface area (Å²) in [5.41, 5.74) is 1.42. The van der Waals surface area contributed by atoms with Gasteiger partial charge in [0.1, 0.15) is 0 Å². The summed E-state index contributed by atoms with van der Waals surface area (Å²) < 4.78 is 37.8. The van der Waals surface area contributed by atoms with Crippen molar-refractivity contribution in [2.45, 2.75) is 18.7 Å². The van der Waals surface area contributed by atoms with E-state index in [0.29, 0.717) is 54.0 Å². The highest BCUT2D eigenvalue weighted by atomic mass is 32.2. The topological polar surface area (TPSA) is 72.6 Å². The lowest BCUT2D eigenvalue weighted by atomic mass is 10.1. The van der Waals surface area contributed by atoms with Gasteiger partial charge in [-0.15, -0.1) is 0 Å². The number of benzene rings is 1. The lowest BCUT2D eigenvalue weighted by molar-refractivity contribution is 0.0730. The number of oxazole rings is 1. The number of nitrogens with zero attached hydrogens (tertiary/aromatic N) is 2. The summed E-state index contributed by atoms with van der Waals surface area (Å²) in [6, 6.07) is 5.29. The molecule has 0 amide bonds. The predicted molar refractivity (Wildman–Crippen MR) is 81.0 cm³/mol. The average Bonchev–Trinajstić information content (AvgIpc) is 2.95. The summed E-state index contributed by atoms with van der Waals surface area (Å²) in [5, 5.41) is 0. The standard InChI is InChI=1S/C15H18N2O4S/c1-11-3-4-13(14-10-16-12(2)21-14)9-15(11)22(18,19)17-5-7-20-8-6-17/h3-4,9-10H,5-8H2,1-2H3. The maximum atomic E-state index is 12.8. The van der Waals surface area contributed by atoms with E-state index in [-0.39, 0.29) is 0 Å². The number of sulfonamides is 1. The molecule has 7 heteroatoms. The first-order chi connectivity index (χ1) is 10.5. The lowest BCUT2D eigenvalue weighted by Crippen LogP contribution is -2.40. The SMILES string of the molecule is Cc1ncc(-c2ccc(C)c(S(=O)(=O)N3CCOCC3)c2)o1. The molecule has 6 nitrogen and oxygen atoms in total. The average molecular weight is 322 g/mol. The van der Waals surface area contributed by atoms with E-state index in [1.165, 1.54) is 4.31 Å². The zero-order chi connectivity index (χ0) is 15.7. The van der Waals surface area contributed by atoms with E-state index in [1.54, 1.807) is 32.2 Å². The van der Waals surface area contributed by atoms with E-state index in [0.717, 1.165) is 0 Å². The molecule has 1 aliphatic rings. The summed E-state index contributed by atoms with van der Waals surface area (Å²) in [7, 11) is -3.53. The van der Waals surface area contributed by atoms with Gasteiger partial charge < -0.3 is 9.15 Å². The Labute approximate surface area is 129 Å². The second-order valence-corrected chi connectivity index (χ2v) is 7.15. The van der Waals surface area contributed by atoms with Crippen molar-refractivity contribution >= 4 is 10.0 Å². The number of morpholine rings is 1. The molecule has 0 radical (unpaired) electrons. The summed E-state index contributed by atoms with van der Waals surface area (Å²) in [5.74, 6) is 1.11. The highest BCUT2D eigenvalue weighted by molar-refractivity contribution is 7.89. The Morgan fingerprint density at radius 1 is 1.18 bits per heavy atom. The molecule has 1 aromatic heterocycles. The predicted octanol–water partition coefficient (Wildman–Crippen LogP) is 1.98. The monoisotopic (exact) mass is 322 g/mol. The van der Waals surface area contributed by atoms with Gasteiger partial charge in [-0.2, -0.15) is 4.31 Å². The molecule has 1 aliphatic heterocycles. The minimum absolute atomic E-state index is 0.306. The normalized spacial score (nSPS) is 16.8. The van der Waals surface area contributed by atoms with Gasteiger partial charge in [-0.25, -0.2) is 13.4 Å². The molecule has 1 saturated heterocycles. The van der Waals surface area contributed by atoms with Crippen molar-refractivity contribution in [2.24, 2.45) is 0 Å². The van der Waals surface area contributed by atoms with Crippen molar-refractivity contribution in [2.75, 3.05) is 26.3 Å². The van der Waals surface area contributed by atoms with Gasteiger partial charge in [0.2, 0.25) is 10.0 Å². The molecule has 3 rings (SSSR count). The molecule has 0 aliphatic carbocycles. The van der Waals surface area contributed by atoms with Crippen LogP contribution in [0.15, 0.2) is 33.7 Å². The number of aryl methyl sites for hydroxylation is 2. The van der Waals surface area contributed by atoms with Gasteiger partial charge in [0.05, 0.1) is 24.3 Å². The summed E-state index contributed by atoms with van der Waals surface area (Å²) in [6.07, 6.45) is 1.60. The molecular formula is C15H18N2O4S. The maximum absolute atomic E-state index is 12.8. The molecular weight excluding hydrogens is 304 g/mol. The van der Waals surface area contributed by atoms with Crippen LogP contribution in [0.25, 0.3) is 11.3 Å². The number of hydrogen-bond acceptors (Lipinski definition) is 5.